The average Bonchev–Trinajstić information content (AvgIpc) is 2.74. The third kappa shape index (κ3) is 7.30. The zero-order valence-corrected chi connectivity index (χ0v) is 21.5. The van der Waals surface area contributed by atoms with E-state index in [1.807, 2.05) is 12.3 Å². The van der Waals surface area contributed by atoms with Crippen molar-refractivity contribution in [2.75, 3.05) is 26.7 Å². The highest BCUT2D eigenvalue weighted by Gasteiger charge is 2.42. The highest BCUT2D eigenvalue weighted by Crippen LogP contribution is 2.43. The van der Waals surface area contributed by atoms with Crippen molar-refractivity contribution in [1.29, 1.82) is 0 Å². The zero-order chi connectivity index (χ0) is 22.6. The van der Waals surface area contributed by atoms with Crippen LogP contribution in [0.5, 0.6) is 0 Å². The summed E-state index contributed by atoms with van der Waals surface area (Å²) in [5, 5.41) is 6.89. The number of alkyl halides is 1. The van der Waals surface area contributed by atoms with Crippen LogP contribution >= 0.6 is 11.6 Å². The van der Waals surface area contributed by atoms with Gasteiger partial charge in [-0.1, -0.05) is 45.9 Å². The number of piperidine rings is 1. The van der Waals surface area contributed by atoms with Gasteiger partial charge in [0.25, 0.3) is 0 Å². The predicted octanol–water partition coefficient (Wildman–Crippen LogP) is 2.42. The van der Waals surface area contributed by atoms with Crippen LogP contribution in [-0.4, -0.2) is 66.2 Å². The Kier molecular flexibility index (Phi) is 11.6. The summed E-state index contributed by atoms with van der Waals surface area (Å²) in [5.41, 5.74) is 1.19. The second-order valence-electron chi connectivity index (χ2n) is 10.3. The van der Waals surface area contributed by atoms with Gasteiger partial charge < -0.3 is 31.2 Å². The Hall–Kier alpha value is -1.38. The Morgan fingerprint density at radius 1 is 1.27 bits per heavy atom. The summed E-state index contributed by atoms with van der Waals surface area (Å²) >= 11 is 6.26. The van der Waals surface area contributed by atoms with Crippen molar-refractivity contribution < 1.29 is 20.5 Å². The molecule has 0 saturated carbocycles. The van der Waals surface area contributed by atoms with Crippen molar-refractivity contribution in [3.05, 3.63) is 36.1 Å². The molecule has 1 fully saturated rings. The molecular weight excluding hydrogens is 442 g/mol. The van der Waals surface area contributed by atoms with Crippen molar-refractivity contribution in [2.24, 2.45) is 23.2 Å². The lowest BCUT2D eigenvalue weighted by Crippen LogP contribution is -2.56. The molecule has 1 aliphatic carbocycles. The maximum absolute atomic E-state index is 13.5. The molecule has 0 aromatic rings. The van der Waals surface area contributed by atoms with Gasteiger partial charge in [0.2, 0.25) is 5.91 Å². The first-order chi connectivity index (χ1) is 14.7. The summed E-state index contributed by atoms with van der Waals surface area (Å²) in [4.78, 5) is 15.6. The van der Waals surface area contributed by atoms with Gasteiger partial charge >= 0.3 is 0 Å². The molecule has 0 spiro atoms. The fourth-order valence-corrected chi connectivity index (χ4v) is 5.62. The number of allylic oxidation sites excluding steroid dienone is 4. The molecule has 33 heavy (non-hydrogen) atoms. The number of hydrogen-bond donors (Lipinski definition) is 2. The van der Waals surface area contributed by atoms with Crippen molar-refractivity contribution in [3.63, 3.8) is 0 Å². The molecule has 3 aliphatic rings. The molecule has 0 radical (unpaired) electrons. The summed E-state index contributed by atoms with van der Waals surface area (Å²) in [7, 11) is 1.69. The number of methoxy groups -OCH3 is 1. The van der Waals surface area contributed by atoms with E-state index in [1.165, 1.54) is 0 Å². The molecular formula is C25H44ClN3O4. The molecule has 1 saturated heterocycles. The van der Waals surface area contributed by atoms with Gasteiger partial charge in [-0.2, -0.15) is 0 Å². The summed E-state index contributed by atoms with van der Waals surface area (Å²) in [5.74, 6) is 1.60. The summed E-state index contributed by atoms with van der Waals surface area (Å²) in [6.07, 6.45) is 13.5. The second kappa shape index (κ2) is 12.9. The maximum Gasteiger partial charge on any atom is 0.239 e. The number of dihydropyridines is 1. The van der Waals surface area contributed by atoms with Gasteiger partial charge in [0.1, 0.15) is 0 Å². The van der Waals surface area contributed by atoms with E-state index in [0.717, 1.165) is 37.9 Å². The first-order valence-electron chi connectivity index (χ1n) is 11.7. The number of halogens is 1. The third-order valence-corrected chi connectivity index (χ3v) is 7.53. The molecule has 0 aromatic carbocycles. The summed E-state index contributed by atoms with van der Waals surface area (Å²) < 4.78 is 5.50. The molecule has 3 rings (SSSR count). The molecule has 0 aromatic heterocycles. The smallest absolute Gasteiger partial charge is 0.239 e. The lowest BCUT2D eigenvalue weighted by Gasteiger charge is -2.48. The lowest BCUT2D eigenvalue weighted by molar-refractivity contribution is -0.139. The molecule has 2 heterocycles. The third-order valence-electron chi connectivity index (χ3n) is 7.17. The first kappa shape index (κ1) is 29.7. The van der Waals surface area contributed by atoms with Crippen LogP contribution in [0.25, 0.3) is 0 Å². The number of rotatable bonds is 7. The van der Waals surface area contributed by atoms with Gasteiger partial charge in [0, 0.05) is 26.7 Å². The number of nitrogens with zero attached hydrogens (tertiary/aromatic N) is 1. The molecule has 190 valence electrons. The highest BCUT2D eigenvalue weighted by atomic mass is 35.5. The van der Waals surface area contributed by atoms with Crippen molar-refractivity contribution >= 4 is 17.5 Å². The number of hydrogen-bond acceptors (Lipinski definition) is 4. The summed E-state index contributed by atoms with van der Waals surface area (Å²) in [6, 6.07) is -0.205. The van der Waals surface area contributed by atoms with Gasteiger partial charge in [-0.25, -0.2) is 0 Å². The van der Waals surface area contributed by atoms with Crippen molar-refractivity contribution in [1.82, 2.24) is 15.5 Å². The van der Waals surface area contributed by atoms with Crippen molar-refractivity contribution in [2.45, 2.75) is 64.6 Å². The summed E-state index contributed by atoms with van der Waals surface area (Å²) in [6.45, 7) is 11.1. The van der Waals surface area contributed by atoms with E-state index in [2.05, 4.69) is 61.5 Å². The lowest BCUT2D eigenvalue weighted by atomic mass is 9.65. The van der Waals surface area contributed by atoms with E-state index < -0.39 is 0 Å². The van der Waals surface area contributed by atoms with Gasteiger partial charge in [0.15, 0.2) is 6.23 Å². The first-order valence-corrected chi connectivity index (χ1v) is 12.2. The number of nitrogens with one attached hydrogen (secondary N) is 2. The van der Waals surface area contributed by atoms with Gasteiger partial charge in [-0.15, -0.1) is 11.6 Å². The number of amides is 1. The Morgan fingerprint density at radius 3 is 2.58 bits per heavy atom. The minimum absolute atomic E-state index is 0. The molecule has 1 amide bonds. The number of ether oxygens (including phenoxy) is 1. The molecule has 5 atom stereocenters. The molecule has 0 bridgehead atoms. The monoisotopic (exact) mass is 485 g/mol. The largest absolute Gasteiger partial charge is 0.412 e. The topological polar surface area (TPSA) is 117 Å². The minimum Gasteiger partial charge on any atom is -0.412 e. The highest BCUT2D eigenvalue weighted by molar-refractivity contribution is 6.21. The standard InChI is InChI=1S/C25H40ClN3O2.2H2O/c1-17(2)22(28-15-19-7-6-13-27-23(19)31-5)24(30)29-14-12-21(25(3,4)16-29)18-8-10-20(26)11-9-18;;/h6-8,10,13,17-18,20-23,27-28H,9,11-12,14-16H2,1-5H3;2*1H2/t18?,20?,21?,22-,23?;;/m1../s1. The van der Waals surface area contributed by atoms with Crippen LogP contribution in [0.3, 0.4) is 0 Å². The van der Waals surface area contributed by atoms with E-state index in [-0.39, 0.29) is 45.8 Å². The van der Waals surface area contributed by atoms with Crippen LogP contribution in [0, 0.1) is 23.2 Å². The van der Waals surface area contributed by atoms with E-state index in [4.69, 9.17) is 16.3 Å². The van der Waals surface area contributed by atoms with Crippen LogP contribution in [0.4, 0.5) is 0 Å². The molecule has 8 heteroatoms. The Bertz CT molecular complexity index is 722. The Morgan fingerprint density at radius 2 is 2.00 bits per heavy atom. The molecule has 6 N–H and O–H groups in total. The molecule has 4 unspecified atom stereocenters. The Labute approximate surface area is 204 Å². The van der Waals surface area contributed by atoms with Crippen LogP contribution in [0.15, 0.2) is 36.1 Å². The fraction of sp³-hybridized carbons (Fsp3) is 0.720. The van der Waals surface area contributed by atoms with Crippen LogP contribution in [-0.2, 0) is 9.53 Å². The zero-order valence-electron chi connectivity index (χ0n) is 20.7. The van der Waals surface area contributed by atoms with E-state index in [0.29, 0.717) is 18.4 Å². The average molecular weight is 486 g/mol. The maximum atomic E-state index is 13.5. The van der Waals surface area contributed by atoms with Crippen LogP contribution < -0.4 is 10.6 Å². The van der Waals surface area contributed by atoms with E-state index in [9.17, 15) is 4.79 Å². The van der Waals surface area contributed by atoms with Gasteiger partial charge in [-0.05, 0) is 60.3 Å². The number of carbonyl (C=O) groups is 1. The van der Waals surface area contributed by atoms with Crippen LogP contribution in [0.2, 0.25) is 0 Å². The number of likely N-dealkylation sites (tertiary alicyclic amines) is 1. The minimum atomic E-state index is -0.205. The number of carbonyl (C=O) groups excluding carboxylic acids is 1. The SMILES string of the molecule is COC1NC=CC=C1CN[C@@H](C(=O)N1CCC(C2C=CC(Cl)CC2)C(C)(C)C1)C(C)C.O.O. The molecule has 7 nitrogen and oxygen atoms in total. The molecule has 2 aliphatic heterocycles. The van der Waals surface area contributed by atoms with Crippen LogP contribution in [0.1, 0.15) is 47.0 Å². The fourth-order valence-electron chi connectivity index (χ4n) is 5.41. The van der Waals surface area contributed by atoms with Crippen molar-refractivity contribution in [3.8, 4) is 0 Å². The van der Waals surface area contributed by atoms with E-state index in [1.54, 1.807) is 7.11 Å². The normalized spacial score (nSPS) is 29.4. The second-order valence-corrected chi connectivity index (χ2v) is 10.8. The quantitative estimate of drug-likeness (QED) is 0.425. The Balaban J connectivity index is 0.00000272. The predicted molar refractivity (Wildman–Crippen MR) is 135 cm³/mol. The van der Waals surface area contributed by atoms with Gasteiger partial charge in [-0.3, -0.25) is 4.79 Å². The van der Waals surface area contributed by atoms with E-state index >= 15 is 0 Å². The van der Waals surface area contributed by atoms with Gasteiger partial charge in [0.05, 0.1) is 11.4 Å².